The number of H-pyrrole nitrogens is 1. The zero-order valence-corrected chi connectivity index (χ0v) is 13.7. The van der Waals surface area contributed by atoms with Crippen LogP contribution < -0.4 is 5.56 Å². The molecule has 5 nitrogen and oxygen atoms in total. The van der Waals surface area contributed by atoms with Gasteiger partial charge >= 0.3 is 0 Å². The van der Waals surface area contributed by atoms with Gasteiger partial charge in [-0.3, -0.25) is 9.36 Å². The summed E-state index contributed by atoms with van der Waals surface area (Å²) in [5.74, 6) is 0. The molecule has 0 aliphatic heterocycles. The number of hydrogen-bond acceptors (Lipinski definition) is 3. The molecule has 4 aromatic rings. The van der Waals surface area contributed by atoms with Crippen LogP contribution in [0.15, 0.2) is 65.6 Å². The Balaban J connectivity index is 1.99. The topological polar surface area (TPSA) is 55.6 Å². The molecule has 0 saturated heterocycles. The third kappa shape index (κ3) is 2.28. The van der Waals surface area contributed by atoms with Crippen molar-refractivity contribution in [2.45, 2.75) is 6.92 Å². The maximum atomic E-state index is 12.9. The summed E-state index contributed by atoms with van der Waals surface area (Å²) in [5, 5.41) is 4.84. The van der Waals surface area contributed by atoms with Crippen molar-refractivity contribution in [3.63, 3.8) is 0 Å². The van der Waals surface area contributed by atoms with E-state index in [1.54, 1.807) is 10.9 Å². The average molecular weight is 334 g/mol. The molecule has 118 valence electrons. The Hall–Kier alpha value is -2.99. The van der Waals surface area contributed by atoms with E-state index in [1.807, 2.05) is 61.5 Å². The van der Waals surface area contributed by atoms with Gasteiger partial charge in [-0.25, -0.2) is 4.68 Å². The van der Waals surface area contributed by atoms with Crippen molar-refractivity contribution in [2.24, 2.45) is 0 Å². The third-order valence-electron chi connectivity index (χ3n) is 3.92. The lowest BCUT2D eigenvalue weighted by molar-refractivity contribution is 0.879. The van der Waals surface area contributed by atoms with Crippen molar-refractivity contribution in [2.75, 3.05) is 0 Å². The first-order valence-corrected chi connectivity index (χ1v) is 7.91. The molecule has 0 radical (unpaired) electrons. The van der Waals surface area contributed by atoms with Crippen LogP contribution >= 0.6 is 12.2 Å². The van der Waals surface area contributed by atoms with Gasteiger partial charge in [0.1, 0.15) is 11.0 Å². The molecule has 0 aliphatic carbocycles. The summed E-state index contributed by atoms with van der Waals surface area (Å²) in [7, 11) is 0. The van der Waals surface area contributed by atoms with E-state index in [1.165, 1.54) is 4.57 Å². The van der Waals surface area contributed by atoms with Gasteiger partial charge in [-0.1, -0.05) is 35.9 Å². The molecule has 1 N–H and O–H groups in total. The Morgan fingerprint density at radius 1 is 1.00 bits per heavy atom. The van der Waals surface area contributed by atoms with Crippen LogP contribution in [0.2, 0.25) is 0 Å². The first kappa shape index (κ1) is 14.6. The van der Waals surface area contributed by atoms with Gasteiger partial charge in [0.15, 0.2) is 4.77 Å². The van der Waals surface area contributed by atoms with Crippen molar-refractivity contribution in [3.05, 3.63) is 81.5 Å². The van der Waals surface area contributed by atoms with E-state index in [2.05, 4.69) is 10.1 Å². The summed E-state index contributed by atoms with van der Waals surface area (Å²) in [5.41, 5.74) is 3.14. The number of fused-ring (bicyclic) bond motifs is 1. The number of para-hydroxylation sites is 1. The Kier molecular flexibility index (Phi) is 3.39. The largest absolute Gasteiger partial charge is 0.316 e. The predicted molar refractivity (Wildman–Crippen MR) is 96.6 cm³/mol. The van der Waals surface area contributed by atoms with Gasteiger partial charge in [-0.15, -0.1) is 0 Å². The second-order valence-corrected chi connectivity index (χ2v) is 5.95. The standard InChI is InChI=1S/C18H14N4OS/c1-12-7-9-13(10-8-12)21-17(23)15-11-19-22(16(15)20-18(21)24)14-5-3-2-4-6-14/h2-11H,1H3,(H,20,24). The molecule has 0 saturated carbocycles. The van der Waals surface area contributed by atoms with Crippen LogP contribution in [0.5, 0.6) is 0 Å². The quantitative estimate of drug-likeness (QED) is 0.571. The van der Waals surface area contributed by atoms with Gasteiger partial charge in [-0.05, 0) is 43.4 Å². The SMILES string of the molecule is Cc1ccc(-n2c(=S)[nH]c3c(cnn3-c3ccccc3)c2=O)cc1. The molecule has 0 spiro atoms. The van der Waals surface area contributed by atoms with Gasteiger partial charge in [-0.2, -0.15) is 5.10 Å². The van der Waals surface area contributed by atoms with E-state index in [0.717, 1.165) is 16.9 Å². The van der Waals surface area contributed by atoms with Crippen LogP contribution in [-0.4, -0.2) is 19.3 Å². The smallest absolute Gasteiger partial charge is 0.270 e. The zero-order chi connectivity index (χ0) is 16.7. The maximum absolute atomic E-state index is 12.9. The molecule has 0 amide bonds. The summed E-state index contributed by atoms with van der Waals surface area (Å²) >= 11 is 5.42. The average Bonchev–Trinajstić information content (AvgIpc) is 3.01. The number of hydrogen-bond donors (Lipinski definition) is 1. The van der Waals surface area contributed by atoms with E-state index in [-0.39, 0.29) is 5.56 Å². The Labute approximate surface area is 142 Å². The number of nitrogens with zero attached hydrogens (tertiary/aromatic N) is 3. The first-order chi connectivity index (χ1) is 11.6. The second-order valence-electron chi connectivity index (χ2n) is 5.56. The van der Waals surface area contributed by atoms with Crippen molar-refractivity contribution >= 4 is 23.3 Å². The highest BCUT2D eigenvalue weighted by Gasteiger charge is 2.13. The Bertz CT molecular complexity index is 1140. The normalized spacial score (nSPS) is 11.0. The van der Waals surface area contributed by atoms with Crippen LogP contribution in [0.25, 0.3) is 22.4 Å². The summed E-state index contributed by atoms with van der Waals surface area (Å²) in [6.07, 6.45) is 1.57. The van der Waals surface area contributed by atoms with Crippen molar-refractivity contribution in [3.8, 4) is 11.4 Å². The van der Waals surface area contributed by atoms with Gasteiger partial charge in [0, 0.05) is 0 Å². The van der Waals surface area contributed by atoms with Crippen LogP contribution in [0, 0.1) is 11.7 Å². The van der Waals surface area contributed by atoms with Gasteiger partial charge in [0.2, 0.25) is 0 Å². The van der Waals surface area contributed by atoms with Gasteiger partial charge < -0.3 is 4.98 Å². The van der Waals surface area contributed by atoms with Crippen molar-refractivity contribution in [1.29, 1.82) is 0 Å². The van der Waals surface area contributed by atoms with Crippen LogP contribution in [0.1, 0.15) is 5.56 Å². The second kappa shape index (κ2) is 5.58. The molecule has 6 heteroatoms. The predicted octanol–water partition coefficient (Wildman–Crippen LogP) is 3.54. The highest BCUT2D eigenvalue weighted by molar-refractivity contribution is 7.71. The molecule has 4 rings (SSSR count). The molecule has 0 bridgehead atoms. The summed E-state index contributed by atoms with van der Waals surface area (Å²) in [4.78, 5) is 16.0. The number of aryl methyl sites for hydroxylation is 1. The van der Waals surface area contributed by atoms with Crippen LogP contribution in [-0.2, 0) is 0 Å². The Morgan fingerprint density at radius 2 is 1.71 bits per heavy atom. The highest BCUT2D eigenvalue weighted by Crippen LogP contribution is 2.15. The van der Waals surface area contributed by atoms with Crippen LogP contribution in [0.4, 0.5) is 0 Å². The lowest BCUT2D eigenvalue weighted by Gasteiger charge is -2.08. The lowest BCUT2D eigenvalue weighted by Crippen LogP contribution is -2.20. The molecule has 24 heavy (non-hydrogen) atoms. The molecule has 0 fully saturated rings. The first-order valence-electron chi connectivity index (χ1n) is 7.51. The monoisotopic (exact) mass is 334 g/mol. The number of aromatic nitrogens is 4. The zero-order valence-electron chi connectivity index (χ0n) is 12.9. The minimum Gasteiger partial charge on any atom is -0.316 e. The molecule has 0 unspecified atom stereocenters. The van der Waals surface area contributed by atoms with Gasteiger partial charge in [0.25, 0.3) is 5.56 Å². The summed E-state index contributed by atoms with van der Waals surface area (Å²) in [6, 6.07) is 17.3. The highest BCUT2D eigenvalue weighted by atomic mass is 32.1. The molecule has 0 aliphatic rings. The molecular formula is C18H14N4OS. The fourth-order valence-corrected chi connectivity index (χ4v) is 2.97. The van der Waals surface area contributed by atoms with E-state index >= 15 is 0 Å². The van der Waals surface area contributed by atoms with E-state index < -0.39 is 0 Å². The van der Waals surface area contributed by atoms with Crippen LogP contribution in [0.3, 0.4) is 0 Å². The molecule has 2 aromatic carbocycles. The fraction of sp³-hybridized carbons (Fsp3) is 0.0556. The number of rotatable bonds is 2. The summed E-state index contributed by atoms with van der Waals surface area (Å²) < 4.78 is 3.52. The molecular weight excluding hydrogens is 320 g/mol. The Morgan fingerprint density at radius 3 is 2.42 bits per heavy atom. The maximum Gasteiger partial charge on any atom is 0.270 e. The molecule has 2 aromatic heterocycles. The molecule has 0 atom stereocenters. The fourth-order valence-electron chi connectivity index (χ4n) is 2.69. The van der Waals surface area contributed by atoms with Crippen molar-refractivity contribution < 1.29 is 0 Å². The van der Waals surface area contributed by atoms with E-state index in [4.69, 9.17) is 12.2 Å². The number of nitrogens with one attached hydrogen (secondary N) is 1. The van der Waals surface area contributed by atoms with Gasteiger partial charge in [0.05, 0.1) is 17.6 Å². The minimum atomic E-state index is -0.181. The third-order valence-corrected chi connectivity index (χ3v) is 4.21. The number of aromatic amines is 1. The van der Waals surface area contributed by atoms with E-state index in [0.29, 0.717) is 15.8 Å². The lowest BCUT2D eigenvalue weighted by atomic mass is 10.2. The summed E-state index contributed by atoms with van der Waals surface area (Å²) in [6.45, 7) is 2.00. The van der Waals surface area contributed by atoms with Crippen molar-refractivity contribution in [1.82, 2.24) is 19.3 Å². The minimum absolute atomic E-state index is 0.181. The number of benzene rings is 2. The molecule has 2 heterocycles. The van der Waals surface area contributed by atoms with E-state index in [9.17, 15) is 4.79 Å².